The predicted octanol–water partition coefficient (Wildman–Crippen LogP) is 3.67. The molecule has 40 heavy (non-hydrogen) atoms. The number of nitrogens with zero attached hydrogens (tertiary/aromatic N) is 3. The van der Waals surface area contributed by atoms with Gasteiger partial charge in [0.05, 0.1) is 25.2 Å². The smallest absolute Gasteiger partial charge is 0.267 e. The number of carbonyl (C=O) groups excluding carboxylic acids is 1. The number of amides is 1. The van der Waals surface area contributed by atoms with Gasteiger partial charge in [-0.3, -0.25) is 19.4 Å². The molecule has 204 valence electrons. The molecule has 2 aromatic carbocycles. The van der Waals surface area contributed by atoms with Crippen molar-refractivity contribution in [3.8, 4) is 11.5 Å². The molecular formula is C31H31N5O4. The van der Waals surface area contributed by atoms with Crippen LogP contribution in [-0.2, 0) is 19.4 Å². The maximum Gasteiger partial charge on any atom is 0.267 e. The molecule has 0 atom stereocenters. The van der Waals surface area contributed by atoms with Crippen molar-refractivity contribution in [3.05, 3.63) is 111 Å². The molecule has 0 aliphatic carbocycles. The van der Waals surface area contributed by atoms with Crippen LogP contribution in [0.15, 0.2) is 77.7 Å². The average Bonchev–Trinajstić information content (AvgIpc) is 2.98. The number of aryl methyl sites for hydroxylation is 3. The Bertz CT molecular complexity index is 1810. The van der Waals surface area contributed by atoms with E-state index in [4.69, 9.17) is 19.9 Å². The van der Waals surface area contributed by atoms with Gasteiger partial charge in [0.2, 0.25) is 0 Å². The van der Waals surface area contributed by atoms with E-state index in [0.717, 1.165) is 28.2 Å². The van der Waals surface area contributed by atoms with Gasteiger partial charge in [-0.15, -0.1) is 0 Å². The minimum absolute atomic E-state index is 0.00722. The van der Waals surface area contributed by atoms with Gasteiger partial charge in [-0.1, -0.05) is 30.3 Å². The number of ether oxygens (including phenoxy) is 2. The molecule has 5 rings (SSSR count). The highest BCUT2D eigenvalue weighted by molar-refractivity contribution is 5.96. The average molecular weight is 538 g/mol. The Balaban J connectivity index is 1.51. The quantitative estimate of drug-likeness (QED) is 0.279. The highest BCUT2D eigenvalue weighted by Gasteiger charge is 2.18. The second-order valence-corrected chi connectivity index (χ2v) is 9.55. The minimum Gasteiger partial charge on any atom is -0.497 e. The van der Waals surface area contributed by atoms with Gasteiger partial charge in [0.1, 0.15) is 28.3 Å². The van der Waals surface area contributed by atoms with Crippen LogP contribution in [-0.4, -0.2) is 40.6 Å². The largest absolute Gasteiger partial charge is 0.497 e. The zero-order valence-corrected chi connectivity index (χ0v) is 22.7. The molecule has 5 aromatic rings. The van der Waals surface area contributed by atoms with Crippen LogP contribution >= 0.6 is 0 Å². The zero-order chi connectivity index (χ0) is 28.2. The van der Waals surface area contributed by atoms with E-state index in [1.807, 2.05) is 61.5 Å². The summed E-state index contributed by atoms with van der Waals surface area (Å²) < 4.78 is 13.6. The van der Waals surface area contributed by atoms with Crippen molar-refractivity contribution >= 4 is 22.6 Å². The van der Waals surface area contributed by atoms with E-state index < -0.39 is 5.91 Å². The second-order valence-electron chi connectivity index (χ2n) is 9.55. The number of carbonyl (C=O) groups is 1. The summed E-state index contributed by atoms with van der Waals surface area (Å²) >= 11 is 0. The molecule has 9 heteroatoms. The lowest BCUT2D eigenvalue weighted by Gasteiger charge is -2.15. The van der Waals surface area contributed by atoms with Crippen molar-refractivity contribution in [2.45, 2.75) is 26.3 Å². The lowest BCUT2D eigenvalue weighted by atomic mass is 10.1. The van der Waals surface area contributed by atoms with Crippen LogP contribution in [0.25, 0.3) is 16.7 Å². The highest BCUT2D eigenvalue weighted by atomic mass is 16.5. The van der Waals surface area contributed by atoms with E-state index in [-0.39, 0.29) is 22.0 Å². The molecule has 9 nitrogen and oxygen atoms in total. The first-order valence-corrected chi connectivity index (χ1v) is 13.0. The molecule has 0 bridgehead atoms. The van der Waals surface area contributed by atoms with Crippen molar-refractivity contribution in [3.63, 3.8) is 0 Å². The lowest BCUT2D eigenvalue weighted by molar-refractivity contribution is 0.0951. The van der Waals surface area contributed by atoms with Crippen LogP contribution in [0, 0.1) is 12.3 Å². The van der Waals surface area contributed by atoms with E-state index in [1.54, 1.807) is 31.0 Å². The van der Waals surface area contributed by atoms with Crippen LogP contribution in [0.5, 0.6) is 11.5 Å². The Morgan fingerprint density at radius 3 is 2.17 bits per heavy atom. The summed E-state index contributed by atoms with van der Waals surface area (Å²) in [6, 6.07) is 20.5. The predicted molar refractivity (Wildman–Crippen MR) is 153 cm³/mol. The molecule has 0 fully saturated rings. The van der Waals surface area contributed by atoms with E-state index in [2.05, 4.69) is 5.32 Å². The first-order chi connectivity index (χ1) is 19.4. The normalized spacial score (nSPS) is 11.1. The third-order valence-corrected chi connectivity index (χ3v) is 7.02. The summed E-state index contributed by atoms with van der Waals surface area (Å²) in [5, 5.41) is 12.2. The van der Waals surface area contributed by atoms with Gasteiger partial charge < -0.3 is 19.4 Å². The SMILES string of the molecule is COc1ccc(CCNC(=O)c2cc3c(=O)n4cccc(C)c4nc3n(CCc3ccc(OC)cc3)c2=N)cc1. The summed E-state index contributed by atoms with van der Waals surface area (Å²) in [5.74, 6) is 1.12. The number of pyridine rings is 2. The molecular weight excluding hydrogens is 506 g/mol. The van der Waals surface area contributed by atoms with Gasteiger partial charge in [-0.25, -0.2) is 4.98 Å². The zero-order valence-electron chi connectivity index (χ0n) is 22.7. The fourth-order valence-electron chi connectivity index (χ4n) is 4.73. The number of methoxy groups -OCH3 is 2. The van der Waals surface area contributed by atoms with Crippen molar-refractivity contribution < 1.29 is 14.3 Å². The summed E-state index contributed by atoms with van der Waals surface area (Å²) in [7, 11) is 3.24. The molecule has 0 saturated carbocycles. The third kappa shape index (κ3) is 5.31. The Kier molecular flexibility index (Phi) is 7.63. The number of fused-ring (bicyclic) bond motifs is 2. The number of hydrogen-bond donors (Lipinski definition) is 2. The number of benzene rings is 2. The summed E-state index contributed by atoms with van der Waals surface area (Å²) in [6.45, 7) is 2.63. The number of aromatic nitrogens is 3. The topological polar surface area (TPSA) is 111 Å². The van der Waals surface area contributed by atoms with Gasteiger partial charge >= 0.3 is 0 Å². The molecule has 0 saturated heterocycles. The van der Waals surface area contributed by atoms with Crippen molar-refractivity contribution in [1.82, 2.24) is 19.3 Å². The summed E-state index contributed by atoms with van der Waals surface area (Å²) in [4.78, 5) is 31.7. The van der Waals surface area contributed by atoms with Crippen LogP contribution in [0.2, 0.25) is 0 Å². The summed E-state index contributed by atoms with van der Waals surface area (Å²) in [5.41, 5.74) is 3.68. The van der Waals surface area contributed by atoms with Crippen molar-refractivity contribution in [2.24, 2.45) is 0 Å². The lowest BCUT2D eigenvalue weighted by Crippen LogP contribution is -2.36. The molecule has 1 amide bonds. The van der Waals surface area contributed by atoms with Gasteiger partial charge in [0, 0.05) is 19.3 Å². The Morgan fingerprint density at radius 2 is 1.55 bits per heavy atom. The Morgan fingerprint density at radius 1 is 0.925 bits per heavy atom. The molecule has 0 spiro atoms. The van der Waals surface area contributed by atoms with Gasteiger partial charge in [0.25, 0.3) is 11.5 Å². The van der Waals surface area contributed by atoms with E-state index in [9.17, 15) is 9.59 Å². The Labute approximate surface area is 231 Å². The van der Waals surface area contributed by atoms with Crippen LogP contribution in [0.3, 0.4) is 0 Å². The number of rotatable bonds is 9. The minimum atomic E-state index is -0.410. The molecule has 0 aliphatic rings. The second kappa shape index (κ2) is 11.4. The van der Waals surface area contributed by atoms with Crippen LogP contribution < -0.4 is 25.8 Å². The molecule has 0 radical (unpaired) electrons. The maximum absolute atomic E-state index is 13.6. The van der Waals surface area contributed by atoms with Crippen molar-refractivity contribution in [1.29, 1.82) is 5.41 Å². The van der Waals surface area contributed by atoms with Gasteiger partial charge in [0.15, 0.2) is 0 Å². The molecule has 3 heterocycles. The fraction of sp³-hybridized carbons (Fsp3) is 0.226. The highest BCUT2D eigenvalue weighted by Crippen LogP contribution is 2.16. The summed E-state index contributed by atoms with van der Waals surface area (Å²) in [6.07, 6.45) is 2.86. The molecule has 0 unspecified atom stereocenters. The molecule has 3 aromatic heterocycles. The van der Waals surface area contributed by atoms with Crippen molar-refractivity contribution in [2.75, 3.05) is 20.8 Å². The monoisotopic (exact) mass is 537 g/mol. The van der Waals surface area contributed by atoms with E-state index in [0.29, 0.717) is 37.2 Å². The third-order valence-electron chi connectivity index (χ3n) is 7.02. The van der Waals surface area contributed by atoms with Gasteiger partial charge in [-0.2, -0.15) is 0 Å². The Hall–Kier alpha value is -4.92. The number of nitrogens with one attached hydrogen (secondary N) is 2. The molecule has 2 N–H and O–H groups in total. The first-order valence-electron chi connectivity index (χ1n) is 13.0. The van der Waals surface area contributed by atoms with E-state index >= 15 is 0 Å². The van der Waals surface area contributed by atoms with E-state index in [1.165, 1.54) is 10.5 Å². The number of hydrogen-bond acceptors (Lipinski definition) is 6. The fourth-order valence-corrected chi connectivity index (χ4v) is 4.73. The van der Waals surface area contributed by atoms with Crippen LogP contribution in [0.4, 0.5) is 0 Å². The van der Waals surface area contributed by atoms with Gasteiger partial charge in [-0.05, 0) is 72.9 Å². The maximum atomic E-state index is 13.6. The standard InChI is InChI=1S/C31H31N5O4/c1-20-5-4-17-36-28(20)34-29-26(31(36)38)19-25(30(37)33-16-14-21-6-10-23(39-2)11-7-21)27(32)35(29)18-15-22-8-12-24(40-3)13-9-22/h4-13,17,19,32H,14-16,18H2,1-3H3,(H,33,37). The first kappa shape index (κ1) is 26.7. The molecule has 0 aliphatic heterocycles. The van der Waals surface area contributed by atoms with Crippen LogP contribution in [0.1, 0.15) is 27.0 Å².